The van der Waals surface area contributed by atoms with E-state index in [2.05, 4.69) is 55.4 Å². The van der Waals surface area contributed by atoms with Gasteiger partial charge in [0, 0.05) is 0 Å². The van der Waals surface area contributed by atoms with Gasteiger partial charge in [0.15, 0.2) is 0 Å². The second kappa shape index (κ2) is 5.77. The van der Waals surface area contributed by atoms with E-state index >= 15 is 0 Å². The first-order valence-electron chi connectivity index (χ1n) is 9.56. The Bertz CT molecular complexity index is 335. The Balaban J connectivity index is 1.88. The van der Waals surface area contributed by atoms with Crippen LogP contribution >= 0.6 is 0 Å². The molecule has 2 saturated carbocycles. The van der Waals surface area contributed by atoms with Crippen LogP contribution in [0.5, 0.6) is 0 Å². The molecule has 0 amide bonds. The molecule has 1 heterocycles. The van der Waals surface area contributed by atoms with Crippen molar-refractivity contribution in [2.75, 3.05) is 0 Å². The normalized spacial score (nSPS) is 62.2. The summed E-state index contributed by atoms with van der Waals surface area (Å²) < 4.78 is 13.5. The van der Waals surface area contributed by atoms with Gasteiger partial charge in [0.1, 0.15) is 0 Å². The average Bonchev–Trinajstić information content (AvgIpc) is 2.52. The van der Waals surface area contributed by atoms with E-state index in [0.29, 0.717) is 47.3 Å². The van der Waals surface area contributed by atoms with Crippen molar-refractivity contribution in [1.29, 1.82) is 0 Å². The Morgan fingerprint density at radius 3 is 0.682 bits per heavy atom. The average molecular weight is 309 g/mol. The van der Waals surface area contributed by atoms with Crippen LogP contribution in [0.4, 0.5) is 0 Å². The van der Waals surface area contributed by atoms with Crippen LogP contribution in [0, 0.1) is 47.3 Å². The third kappa shape index (κ3) is 2.28. The Hall–Kier alpha value is -0.0800. The van der Waals surface area contributed by atoms with Gasteiger partial charge in [0.2, 0.25) is 0 Å². The lowest BCUT2D eigenvalue weighted by Gasteiger charge is -2.58. The summed E-state index contributed by atoms with van der Waals surface area (Å²) in [6.07, 6.45) is 1.16. The van der Waals surface area contributed by atoms with E-state index in [9.17, 15) is 0 Å². The Labute approximate surface area is 137 Å². The first kappa shape index (κ1) is 16.8. The largest absolute Gasteiger partial charge is 0.369 e. The molecule has 128 valence electrons. The van der Waals surface area contributed by atoms with Crippen LogP contribution in [0.1, 0.15) is 55.4 Å². The summed E-state index contributed by atoms with van der Waals surface area (Å²) in [6.45, 7) is 19.1. The van der Waals surface area contributed by atoms with E-state index < -0.39 is 0 Å². The molecule has 0 bridgehead atoms. The van der Waals surface area contributed by atoms with Gasteiger partial charge in [-0.15, -0.1) is 0 Å². The highest BCUT2D eigenvalue weighted by atomic mass is 16.6. The molecular formula is C20H36O2. The minimum Gasteiger partial charge on any atom is -0.369 e. The van der Waals surface area contributed by atoms with Crippen LogP contribution in [0.3, 0.4) is 0 Å². The standard InChI is InChI=1S/C20H36O2/c1-9-10(2)14(6)18-17(13(9)5)21-19-15(7)11(3)12(4)16(8)20(19)22-18/h9-20H,1-8H3. The van der Waals surface area contributed by atoms with Crippen molar-refractivity contribution in [3.63, 3.8) is 0 Å². The predicted molar refractivity (Wildman–Crippen MR) is 90.6 cm³/mol. The lowest BCUT2D eigenvalue weighted by molar-refractivity contribution is -0.306. The van der Waals surface area contributed by atoms with E-state index in [-0.39, 0.29) is 24.4 Å². The topological polar surface area (TPSA) is 18.5 Å². The third-order valence-corrected chi connectivity index (χ3v) is 8.33. The van der Waals surface area contributed by atoms with Gasteiger partial charge in [0.25, 0.3) is 0 Å². The van der Waals surface area contributed by atoms with Crippen molar-refractivity contribution in [2.24, 2.45) is 47.3 Å². The summed E-state index contributed by atoms with van der Waals surface area (Å²) in [5.74, 6) is 5.22. The van der Waals surface area contributed by atoms with Crippen molar-refractivity contribution in [2.45, 2.75) is 79.8 Å². The SMILES string of the molecule is CC1C(C)C(C)C2OC3C(C)C(C)C(C)C(C)C3OC2C1C. The monoisotopic (exact) mass is 308 g/mol. The first-order chi connectivity index (χ1) is 10.3. The second-order valence-electron chi connectivity index (χ2n) is 9.00. The Morgan fingerprint density at radius 2 is 0.500 bits per heavy atom. The molecular weight excluding hydrogens is 272 g/mol. The number of hydrogen-bond donors (Lipinski definition) is 0. The van der Waals surface area contributed by atoms with Crippen molar-refractivity contribution in [1.82, 2.24) is 0 Å². The van der Waals surface area contributed by atoms with Gasteiger partial charge < -0.3 is 9.47 Å². The summed E-state index contributed by atoms with van der Waals surface area (Å²) in [5.41, 5.74) is 0. The summed E-state index contributed by atoms with van der Waals surface area (Å²) in [6, 6.07) is 0. The first-order valence-corrected chi connectivity index (χ1v) is 9.56. The smallest absolute Gasteiger partial charge is 0.0872 e. The zero-order valence-corrected chi connectivity index (χ0v) is 15.7. The lowest BCUT2D eigenvalue weighted by atomic mass is 9.63. The minimum atomic E-state index is 0.290. The van der Waals surface area contributed by atoms with E-state index in [1.54, 1.807) is 0 Å². The number of fused-ring (bicyclic) bond motifs is 2. The zero-order chi connectivity index (χ0) is 16.3. The van der Waals surface area contributed by atoms with Crippen LogP contribution in [-0.2, 0) is 9.47 Å². The summed E-state index contributed by atoms with van der Waals surface area (Å²) >= 11 is 0. The molecule has 12 unspecified atom stereocenters. The van der Waals surface area contributed by atoms with Gasteiger partial charge >= 0.3 is 0 Å². The molecule has 22 heavy (non-hydrogen) atoms. The highest BCUT2D eigenvalue weighted by Gasteiger charge is 2.55. The summed E-state index contributed by atoms with van der Waals surface area (Å²) in [4.78, 5) is 0. The molecule has 0 radical (unpaired) electrons. The molecule has 2 nitrogen and oxygen atoms in total. The molecule has 3 aliphatic rings. The fourth-order valence-corrected chi connectivity index (χ4v) is 5.48. The minimum absolute atomic E-state index is 0.290. The van der Waals surface area contributed by atoms with Crippen molar-refractivity contribution in [3.05, 3.63) is 0 Å². The van der Waals surface area contributed by atoms with Gasteiger partial charge in [-0.25, -0.2) is 0 Å². The predicted octanol–water partition coefficient (Wildman–Crippen LogP) is 4.62. The van der Waals surface area contributed by atoms with Gasteiger partial charge in [-0.1, -0.05) is 55.4 Å². The maximum atomic E-state index is 6.77. The fourth-order valence-electron chi connectivity index (χ4n) is 5.48. The summed E-state index contributed by atoms with van der Waals surface area (Å²) in [5, 5.41) is 0. The maximum Gasteiger partial charge on any atom is 0.0872 e. The van der Waals surface area contributed by atoms with Crippen LogP contribution in [0.2, 0.25) is 0 Å². The van der Waals surface area contributed by atoms with Crippen molar-refractivity contribution in [3.8, 4) is 0 Å². The highest BCUT2D eigenvalue weighted by molar-refractivity contribution is 5.02. The van der Waals surface area contributed by atoms with Crippen LogP contribution in [0.25, 0.3) is 0 Å². The summed E-state index contributed by atoms with van der Waals surface area (Å²) in [7, 11) is 0. The van der Waals surface area contributed by atoms with Crippen LogP contribution < -0.4 is 0 Å². The molecule has 0 aromatic rings. The Kier molecular flexibility index (Phi) is 4.40. The molecule has 3 fully saturated rings. The quantitative estimate of drug-likeness (QED) is 0.650. The van der Waals surface area contributed by atoms with Gasteiger partial charge in [-0.3, -0.25) is 0 Å². The molecule has 1 saturated heterocycles. The van der Waals surface area contributed by atoms with E-state index in [1.807, 2.05) is 0 Å². The molecule has 1 aliphatic heterocycles. The molecule has 0 spiro atoms. The number of hydrogen-bond acceptors (Lipinski definition) is 2. The molecule has 0 N–H and O–H groups in total. The Morgan fingerprint density at radius 1 is 0.318 bits per heavy atom. The molecule has 2 heteroatoms. The fraction of sp³-hybridized carbons (Fsp3) is 1.00. The molecule has 0 aromatic carbocycles. The zero-order valence-electron chi connectivity index (χ0n) is 15.7. The third-order valence-electron chi connectivity index (χ3n) is 8.33. The van der Waals surface area contributed by atoms with Gasteiger partial charge in [-0.2, -0.15) is 0 Å². The van der Waals surface area contributed by atoms with Gasteiger partial charge in [0.05, 0.1) is 24.4 Å². The van der Waals surface area contributed by atoms with Crippen LogP contribution in [0.15, 0.2) is 0 Å². The second-order valence-corrected chi connectivity index (χ2v) is 9.00. The molecule has 0 aromatic heterocycles. The number of rotatable bonds is 0. The van der Waals surface area contributed by atoms with Crippen molar-refractivity contribution >= 4 is 0 Å². The van der Waals surface area contributed by atoms with E-state index in [1.165, 1.54) is 0 Å². The van der Waals surface area contributed by atoms with Crippen LogP contribution in [-0.4, -0.2) is 24.4 Å². The highest BCUT2D eigenvalue weighted by Crippen LogP contribution is 2.50. The lowest BCUT2D eigenvalue weighted by Crippen LogP contribution is -2.64. The number of ether oxygens (including phenoxy) is 2. The molecule has 3 rings (SSSR count). The maximum absolute atomic E-state index is 6.77. The molecule has 2 aliphatic carbocycles. The van der Waals surface area contributed by atoms with Crippen molar-refractivity contribution < 1.29 is 9.47 Å². The van der Waals surface area contributed by atoms with Gasteiger partial charge in [-0.05, 0) is 47.3 Å². The van der Waals surface area contributed by atoms with E-state index in [4.69, 9.17) is 9.47 Å². The van der Waals surface area contributed by atoms with E-state index in [0.717, 1.165) is 0 Å². The molecule has 12 atom stereocenters.